The number of hydrogen-bond donors (Lipinski definition) is 2. The van der Waals surface area contributed by atoms with Crippen molar-refractivity contribution in [2.45, 2.75) is 6.92 Å². The number of para-hydroxylation sites is 1. The van der Waals surface area contributed by atoms with Gasteiger partial charge in [-0.05, 0) is 30.3 Å². The van der Waals surface area contributed by atoms with Crippen LogP contribution in [0.15, 0.2) is 48.5 Å². The zero-order valence-corrected chi connectivity index (χ0v) is 14.3. The Balaban J connectivity index is 2.12. The molecule has 0 atom stereocenters. The number of rotatable bonds is 6. The molecule has 130 valence electrons. The fourth-order valence-corrected chi connectivity index (χ4v) is 2.23. The second-order valence-corrected chi connectivity index (χ2v) is 5.16. The Morgan fingerprint density at radius 2 is 1.68 bits per heavy atom. The second-order valence-electron chi connectivity index (χ2n) is 5.16. The van der Waals surface area contributed by atoms with Crippen LogP contribution in [0.25, 0.3) is 6.08 Å². The molecule has 0 fully saturated rings. The molecule has 0 aliphatic heterocycles. The molecule has 0 spiro atoms. The molecular formula is C19H20N2O4. The number of methoxy groups -OCH3 is 2. The minimum Gasteiger partial charge on any atom is -0.496 e. The van der Waals surface area contributed by atoms with Gasteiger partial charge in [-0.2, -0.15) is 0 Å². The summed E-state index contributed by atoms with van der Waals surface area (Å²) in [6, 6.07) is 12.4. The van der Waals surface area contributed by atoms with Gasteiger partial charge in [-0.3, -0.25) is 9.59 Å². The van der Waals surface area contributed by atoms with E-state index in [-0.39, 0.29) is 11.8 Å². The van der Waals surface area contributed by atoms with Gasteiger partial charge >= 0.3 is 0 Å². The van der Waals surface area contributed by atoms with E-state index in [1.54, 1.807) is 31.4 Å². The van der Waals surface area contributed by atoms with Gasteiger partial charge in [-0.15, -0.1) is 0 Å². The van der Waals surface area contributed by atoms with Gasteiger partial charge in [0.25, 0.3) is 0 Å². The van der Waals surface area contributed by atoms with E-state index in [4.69, 9.17) is 9.47 Å². The molecule has 2 N–H and O–H groups in total. The standard InChI is InChI=1S/C19H20N2O4/c1-13(22)20-16-12-15(9-10-18(16)25-3)21-19(23)11-8-14-6-4-5-7-17(14)24-2/h4-12H,1-3H3,(H,20,22)(H,21,23)/b11-8+. The number of nitrogens with one attached hydrogen (secondary N) is 2. The normalized spacial score (nSPS) is 10.4. The van der Waals surface area contributed by atoms with Gasteiger partial charge in [0.2, 0.25) is 11.8 Å². The summed E-state index contributed by atoms with van der Waals surface area (Å²) >= 11 is 0. The molecule has 6 heteroatoms. The van der Waals surface area contributed by atoms with Crippen LogP contribution in [0.4, 0.5) is 11.4 Å². The molecule has 0 bridgehead atoms. The molecule has 2 amide bonds. The molecule has 0 saturated carbocycles. The van der Waals surface area contributed by atoms with Crippen molar-refractivity contribution in [2.75, 3.05) is 24.9 Å². The van der Waals surface area contributed by atoms with Crippen molar-refractivity contribution in [3.63, 3.8) is 0 Å². The molecule has 6 nitrogen and oxygen atoms in total. The zero-order valence-electron chi connectivity index (χ0n) is 14.3. The van der Waals surface area contributed by atoms with Crippen LogP contribution in [0, 0.1) is 0 Å². The molecule has 0 aliphatic carbocycles. The Hall–Kier alpha value is -3.28. The number of carbonyl (C=O) groups excluding carboxylic acids is 2. The third-order valence-corrected chi connectivity index (χ3v) is 3.33. The summed E-state index contributed by atoms with van der Waals surface area (Å²) in [5.74, 6) is 0.671. The lowest BCUT2D eigenvalue weighted by Crippen LogP contribution is -2.10. The topological polar surface area (TPSA) is 76.7 Å². The maximum atomic E-state index is 12.1. The first kappa shape index (κ1) is 18.1. The van der Waals surface area contributed by atoms with Gasteiger partial charge < -0.3 is 20.1 Å². The third kappa shape index (κ3) is 5.10. The van der Waals surface area contributed by atoms with E-state index in [0.717, 1.165) is 5.56 Å². The predicted molar refractivity (Wildman–Crippen MR) is 98.0 cm³/mol. The van der Waals surface area contributed by atoms with E-state index in [2.05, 4.69) is 10.6 Å². The van der Waals surface area contributed by atoms with Crippen molar-refractivity contribution < 1.29 is 19.1 Å². The van der Waals surface area contributed by atoms with E-state index in [0.29, 0.717) is 22.9 Å². The van der Waals surface area contributed by atoms with Crippen LogP contribution < -0.4 is 20.1 Å². The Labute approximate surface area is 146 Å². The Kier molecular flexibility index (Phi) is 6.17. The highest BCUT2D eigenvalue weighted by Gasteiger charge is 2.07. The predicted octanol–water partition coefficient (Wildman–Crippen LogP) is 3.31. The van der Waals surface area contributed by atoms with Crippen LogP contribution in [0.5, 0.6) is 11.5 Å². The minimum absolute atomic E-state index is 0.224. The van der Waals surface area contributed by atoms with Crippen molar-refractivity contribution in [1.29, 1.82) is 0 Å². The maximum Gasteiger partial charge on any atom is 0.248 e. The maximum absolute atomic E-state index is 12.1. The quantitative estimate of drug-likeness (QED) is 0.791. The van der Waals surface area contributed by atoms with E-state index in [1.165, 1.54) is 20.1 Å². The molecule has 2 rings (SSSR count). The van der Waals surface area contributed by atoms with Gasteiger partial charge in [0.05, 0.1) is 19.9 Å². The molecule has 0 aromatic heterocycles. The number of amides is 2. The summed E-state index contributed by atoms with van der Waals surface area (Å²) in [5, 5.41) is 5.40. The van der Waals surface area contributed by atoms with Crippen LogP contribution >= 0.6 is 0 Å². The summed E-state index contributed by atoms with van der Waals surface area (Å²) < 4.78 is 10.4. The summed E-state index contributed by atoms with van der Waals surface area (Å²) in [7, 11) is 3.09. The monoisotopic (exact) mass is 340 g/mol. The highest BCUT2D eigenvalue weighted by molar-refractivity contribution is 6.02. The second kappa shape index (κ2) is 8.54. The number of carbonyl (C=O) groups is 2. The molecule has 2 aromatic rings. The molecule has 2 aromatic carbocycles. The van der Waals surface area contributed by atoms with E-state index >= 15 is 0 Å². The van der Waals surface area contributed by atoms with Crippen LogP contribution in [-0.2, 0) is 9.59 Å². The molecule has 25 heavy (non-hydrogen) atoms. The number of benzene rings is 2. The molecule has 0 saturated heterocycles. The Bertz CT molecular complexity index is 800. The van der Waals surface area contributed by atoms with Gasteiger partial charge in [0, 0.05) is 24.3 Å². The third-order valence-electron chi connectivity index (χ3n) is 3.33. The highest BCUT2D eigenvalue weighted by Crippen LogP contribution is 2.28. The van der Waals surface area contributed by atoms with Crippen LogP contribution in [0.2, 0.25) is 0 Å². The smallest absolute Gasteiger partial charge is 0.248 e. The van der Waals surface area contributed by atoms with Gasteiger partial charge in [0.15, 0.2) is 0 Å². The molecule has 0 heterocycles. The van der Waals surface area contributed by atoms with Crippen LogP contribution in [0.1, 0.15) is 12.5 Å². The van der Waals surface area contributed by atoms with Gasteiger partial charge in [0.1, 0.15) is 11.5 Å². The lowest BCUT2D eigenvalue weighted by Gasteiger charge is -2.11. The average Bonchev–Trinajstić information content (AvgIpc) is 2.60. The number of anilines is 2. The van der Waals surface area contributed by atoms with Crippen molar-refractivity contribution in [1.82, 2.24) is 0 Å². The Morgan fingerprint density at radius 3 is 2.36 bits per heavy atom. The first-order valence-electron chi connectivity index (χ1n) is 7.61. The lowest BCUT2D eigenvalue weighted by atomic mass is 10.2. The van der Waals surface area contributed by atoms with E-state index in [9.17, 15) is 9.59 Å². The molecule has 0 aliphatic rings. The van der Waals surface area contributed by atoms with Crippen LogP contribution in [0.3, 0.4) is 0 Å². The number of ether oxygens (including phenoxy) is 2. The summed E-state index contributed by atoms with van der Waals surface area (Å²) in [6.45, 7) is 1.40. The molecular weight excluding hydrogens is 320 g/mol. The summed E-state index contributed by atoms with van der Waals surface area (Å²) in [4.78, 5) is 23.4. The van der Waals surface area contributed by atoms with Crippen LogP contribution in [-0.4, -0.2) is 26.0 Å². The van der Waals surface area contributed by atoms with Crippen molar-refractivity contribution >= 4 is 29.3 Å². The van der Waals surface area contributed by atoms with E-state index in [1.807, 2.05) is 24.3 Å². The highest BCUT2D eigenvalue weighted by atomic mass is 16.5. The summed E-state index contributed by atoms with van der Waals surface area (Å²) in [5.41, 5.74) is 1.83. The minimum atomic E-state index is -0.301. The fourth-order valence-electron chi connectivity index (χ4n) is 2.23. The number of hydrogen-bond acceptors (Lipinski definition) is 4. The first-order chi connectivity index (χ1) is 12.0. The zero-order chi connectivity index (χ0) is 18.2. The van der Waals surface area contributed by atoms with Crippen molar-refractivity contribution in [3.05, 3.63) is 54.1 Å². The van der Waals surface area contributed by atoms with Gasteiger partial charge in [-0.1, -0.05) is 18.2 Å². The lowest BCUT2D eigenvalue weighted by molar-refractivity contribution is -0.114. The van der Waals surface area contributed by atoms with Crippen molar-refractivity contribution in [2.24, 2.45) is 0 Å². The average molecular weight is 340 g/mol. The molecule has 0 radical (unpaired) electrons. The first-order valence-corrected chi connectivity index (χ1v) is 7.61. The van der Waals surface area contributed by atoms with Crippen molar-refractivity contribution in [3.8, 4) is 11.5 Å². The largest absolute Gasteiger partial charge is 0.496 e. The summed E-state index contributed by atoms with van der Waals surface area (Å²) in [6.07, 6.45) is 3.09. The molecule has 0 unspecified atom stereocenters. The van der Waals surface area contributed by atoms with E-state index < -0.39 is 0 Å². The fraction of sp³-hybridized carbons (Fsp3) is 0.158. The Morgan fingerprint density at radius 1 is 0.960 bits per heavy atom. The van der Waals surface area contributed by atoms with Gasteiger partial charge in [-0.25, -0.2) is 0 Å². The SMILES string of the molecule is COc1ccccc1/C=C/C(=O)Nc1ccc(OC)c(NC(C)=O)c1.